The van der Waals surface area contributed by atoms with Crippen LogP contribution < -0.4 is 0 Å². The van der Waals surface area contributed by atoms with E-state index >= 15 is 0 Å². The number of rotatable bonds is 2. The summed E-state index contributed by atoms with van der Waals surface area (Å²) < 4.78 is 40.1. The quantitative estimate of drug-likeness (QED) is 0.808. The van der Waals surface area contributed by atoms with Crippen molar-refractivity contribution in [3.05, 3.63) is 35.4 Å². The Morgan fingerprint density at radius 1 is 1.21 bits per heavy atom. The van der Waals surface area contributed by atoms with Gasteiger partial charge in [-0.15, -0.1) is 0 Å². The van der Waals surface area contributed by atoms with Crippen LogP contribution in [0.15, 0.2) is 18.2 Å². The Morgan fingerprint density at radius 2 is 1.93 bits per heavy atom. The van der Waals surface area contributed by atoms with E-state index in [-0.39, 0.29) is 11.5 Å². The Balaban J connectivity index is 1.99. The van der Waals surface area contributed by atoms with Gasteiger partial charge in [0.05, 0.1) is 24.1 Å². The molecule has 5 unspecified atom stereocenters. The van der Waals surface area contributed by atoms with Gasteiger partial charge in [-0.2, -0.15) is 15.8 Å². The molecule has 1 saturated carbocycles. The molecule has 1 aromatic rings. The third-order valence-electron chi connectivity index (χ3n) is 6.84. The molecule has 0 radical (unpaired) electrons. The molecular formula is C21H18F2N4O2. The van der Waals surface area contributed by atoms with Crippen molar-refractivity contribution >= 4 is 5.90 Å². The maximum absolute atomic E-state index is 14.7. The third kappa shape index (κ3) is 2.17. The lowest BCUT2D eigenvalue weighted by atomic mass is 9.50. The normalized spacial score (nSPS) is 36.8. The zero-order valence-corrected chi connectivity index (χ0v) is 15.7. The molecule has 29 heavy (non-hydrogen) atoms. The van der Waals surface area contributed by atoms with Crippen LogP contribution in [0.1, 0.15) is 44.3 Å². The van der Waals surface area contributed by atoms with E-state index in [4.69, 9.17) is 14.9 Å². The van der Waals surface area contributed by atoms with Gasteiger partial charge in [-0.3, -0.25) is 5.41 Å². The van der Waals surface area contributed by atoms with E-state index in [1.54, 1.807) is 0 Å². The molecule has 148 valence electrons. The maximum Gasteiger partial charge on any atom is 0.217 e. The zero-order valence-electron chi connectivity index (χ0n) is 15.7. The van der Waals surface area contributed by atoms with Crippen LogP contribution in [0.2, 0.25) is 0 Å². The summed E-state index contributed by atoms with van der Waals surface area (Å²) >= 11 is 0. The lowest BCUT2D eigenvalue weighted by Crippen LogP contribution is -2.61. The molecule has 3 fully saturated rings. The average molecular weight is 396 g/mol. The zero-order chi connectivity index (χ0) is 21.0. The molecule has 2 bridgehead atoms. The number of nitrogens with zero attached hydrogens (tertiary/aromatic N) is 3. The van der Waals surface area contributed by atoms with Crippen molar-refractivity contribution in [1.29, 1.82) is 21.2 Å². The Bertz CT molecular complexity index is 1010. The Morgan fingerprint density at radius 3 is 2.52 bits per heavy atom. The van der Waals surface area contributed by atoms with Gasteiger partial charge >= 0.3 is 0 Å². The number of hydrogen-bond acceptors (Lipinski definition) is 6. The molecule has 0 aromatic heterocycles. The monoisotopic (exact) mass is 396 g/mol. The standard InChI is InChI=1S/C21H18F2N4O2/c1-2-12-5-6-21-16(7-12)20(11-26,18(27)29-21)19(9-24,10-25)17(28-21)14-4-3-13(22)8-15(14)23/h3-4,8,12,16-17,27H,2,5-7H2,1H3. The first-order chi connectivity index (χ1) is 13.8. The minimum absolute atomic E-state index is 0.206. The van der Waals surface area contributed by atoms with Crippen molar-refractivity contribution < 1.29 is 18.3 Å². The van der Waals surface area contributed by atoms with E-state index in [1.807, 2.05) is 25.1 Å². The second-order valence-corrected chi connectivity index (χ2v) is 7.96. The van der Waals surface area contributed by atoms with Gasteiger partial charge in [-0.25, -0.2) is 8.78 Å². The van der Waals surface area contributed by atoms with E-state index in [1.165, 1.54) is 0 Å². The van der Waals surface area contributed by atoms with Crippen LogP contribution in [0.3, 0.4) is 0 Å². The molecular weight excluding hydrogens is 378 g/mol. The molecule has 6 nitrogen and oxygen atoms in total. The molecule has 5 atom stereocenters. The fourth-order valence-electron chi connectivity index (χ4n) is 5.28. The van der Waals surface area contributed by atoms with Crippen LogP contribution in [0.5, 0.6) is 0 Å². The van der Waals surface area contributed by atoms with Crippen LogP contribution in [0.4, 0.5) is 8.78 Å². The summed E-state index contributed by atoms with van der Waals surface area (Å²) in [6, 6.07) is 8.57. The highest BCUT2D eigenvalue weighted by Crippen LogP contribution is 2.70. The van der Waals surface area contributed by atoms with Gasteiger partial charge in [0.15, 0.2) is 5.41 Å². The van der Waals surface area contributed by atoms with Gasteiger partial charge in [-0.05, 0) is 24.8 Å². The van der Waals surface area contributed by atoms with Crippen molar-refractivity contribution in [3.63, 3.8) is 0 Å². The van der Waals surface area contributed by atoms with E-state index in [2.05, 4.69) is 0 Å². The van der Waals surface area contributed by atoms with Crippen molar-refractivity contribution in [1.82, 2.24) is 0 Å². The molecule has 1 N–H and O–H groups in total. The summed E-state index contributed by atoms with van der Waals surface area (Å²) in [6.45, 7) is 2.01. The van der Waals surface area contributed by atoms with Crippen molar-refractivity contribution in [2.75, 3.05) is 0 Å². The molecule has 1 aromatic carbocycles. The highest BCUT2D eigenvalue weighted by Gasteiger charge is 2.81. The van der Waals surface area contributed by atoms with Crippen molar-refractivity contribution in [2.45, 2.75) is 44.5 Å². The number of nitrogens with one attached hydrogen (secondary N) is 1. The summed E-state index contributed by atoms with van der Waals surface area (Å²) in [6.07, 6.45) is 0.857. The number of hydrogen-bond donors (Lipinski definition) is 1. The first kappa shape index (κ1) is 19.3. The van der Waals surface area contributed by atoms with Crippen LogP contribution >= 0.6 is 0 Å². The topological polar surface area (TPSA) is 114 Å². The van der Waals surface area contributed by atoms with Crippen LogP contribution in [-0.4, -0.2) is 11.7 Å². The Hall–Kier alpha value is -3.02. The molecule has 1 aliphatic carbocycles. The lowest BCUT2D eigenvalue weighted by molar-refractivity contribution is -0.299. The highest BCUT2D eigenvalue weighted by atomic mass is 19.1. The molecule has 4 rings (SSSR count). The van der Waals surface area contributed by atoms with E-state index in [0.717, 1.165) is 18.6 Å². The van der Waals surface area contributed by atoms with Gasteiger partial charge < -0.3 is 9.47 Å². The summed E-state index contributed by atoms with van der Waals surface area (Å²) in [4.78, 5) is 0. The SMILES string of the molecule is CCC1CCC23OC(=N)C(C#N)(C2C1)C(C#N)(C#N)C(c1ccc(F)cc1F)O3. The summed E-state index contributed by atoms with van der Waals surface area (Å²) in [7, 11) is 0. The molecule has 2 heterocycles. The number of benzene rings is 1. The fourth-order valence-corrected chi connectivity index (χ4v) is 5.28. The summed E-state index contributed by atoms with van der Waals surface area (Å²) in [5.74, 6) is -4.15. The van der Waals surface area contributed by atoms with Crippen LogP contribution in [0.25, 0.3) is 0 Å². The van der Waals surface area contributed by atoms with Gasteiger partial charge in [0, 0.05) is 18.1 Å². The van der Waals surface area contributed by atoms with E-state index < -0.39 is 46.2 Å². The minimum atomic E-state index is -2.22. The van der Waals surface area contributed by atoms with E-state index in [9.17, 15) is 24.6 Å². The largest absolute Gasteiger partial charge is 0.447 e. The maximum atomic E-state index is 14.7. The Kier molecular flexibility index (Phi) is 4.15. The smallest absolute Gasteiger partial charge is 0.217 e. The second kappa shape index (κ2) is 6.24. The molecule has 2 aliphatic heterocycles. The van der Waals surface area contributed by atoms with Gasteiger partial charge in [-0.1, -0.05) is 19.4 Å². The lowest BCUT2D eigenvalue weighted by Gasteiger charge is -2.52. The Labute approximate surface area is 166 Å². The minimum Gasteiger partial charge on any atom is -0.447 e. The number of ether oxygens (including phenoxy) is 2. The van der Waals surface area contributed by atoms with Gasteiger partial charge in [0.25, 0.3) is 0 Å². The average Bonchev–Trinajstić information content (AvgIpc) is 2.92. The van der Waals surface area contributed by atoms with Gasteiger partial charge in [0.2, 0.25) is 17.1 Å². The highest BCUT2D eigenvalue weighted by molar-refractivity contribution is 5.89. The summed E-state index contributed by atoms with van der Waals surface area (Å²) in [5.41, 5.74) is -4.34. The number of halogens is 2. The predicted octanol–water partition coefficient (Wildman–Crippen LogP) is 4.11. The molecule has 8 heteroatoms. The molecule has 0 spiro atoms. The molecule has 0 amide bonds. The third-order valence-corrected chi connectivity index (χ3v) is 6.84. The van der Waals surface area contributed by atoms with Crippen molar-refractivity contribution in [3.8, 4) is 18.2 Å². The van der Waals surface area contributed by atoms with Gasteiger partial charge in [0.1, 0.15) is 17.7 Å². The first-order valence-corrected chi connectivity index (χ1v) is 9.48. The van der Waals surface area contributed by atoms with E-state index in [0.29, 0.717) is 25.3 Å². The van der Waals surface area contributed by atoms with Crippen molar-refractivity contribution in [2.24, 2.45) is 22.7 Å². The summed E-state index contributed by atoms with van der Waals surface area (Å²) in [5, 5.41) is 38.9. The molecule has 3 aliphatic rings. The van der Waals surface area contributed by atoms with Crippen LogP contribution in [-0.2, 0) is 9.47 Å². The first-order valence-electron chi connectivity index (χ1n) is 9.48. The fraction of sp³-hybridized carbons (Fsp3) is 0.524. The second-order valence-electron chi connectivity index (χ2n) is 7.96. The predicted molar refractivity (Wildman–Crippen MR) is 94.6 cm³/mol. The number of nitriles is 3. The van der Waals surface area contributed by atoms with Crippen LogP contribution in [0, 0.1) is 73.7 Å². The molecule has 2 saturated heterocycles.